The molecule has 0 unspecified atom stereocenters. The second kappa shape index (κ2) is 4.23. The van der Waals surface area contributed by atoms with Crippen LogP contribution < -0.4 is 5.32 Å². The lowest BCUT2D eigenvalue weighted by atomic mass is 10.4. The minimum atomic E-state index is -0.845. The number of aromatic carboxylic acids is 1. The predicted molar refractivity (Wildman–Crippen MR) is 48.7 cm³/mol. The fourth-order valence-electron chi connectivity index (χ4n) is 0.836. The van der Waals surface area contributed by atoms with E-state index in [-0.39, 0.29) is 0 Å². The van der Waals surface area contributed by atoms with E-state index in [0.717, 1.165) is 18.0 Å². The first kappa shape index (κ1) is 9.22. The first-order valence-corrected chi connectivity index (χ1v) is 4.58. The highest BCUT2D eigenvalue weighted by atomic mass is 32.1. The van der Waals surface area contributed by atoms with E-state index in [0.29, 0.717) is 4.88 Å². The summed E-state index contributed by atoms with van der Waals surface area (Å²) in [4.78, 5) is 11.9. The van der Waals surface area contributed by atoms with Crippen LogP contribution in [0, 0.1) is 0 Å². The van der Waals surface area contributed by atoms with Gasteiger partial charge in [0.05, 0.1) is 0 Å². The summed E-state index contributed by atoms with van der Waals surface area (Å²) in [7, 11) is 0. The van der Waals surface area contributed by atoms with Crippen molar-refractivity contribution in [3.63, 3.8) is 0 Å². The highest BCUT2D eigenvalue weighted by Crippen LogP contribution is 2.15. The molecule has 0 amide bonds. The van der Waals surface area contributed by atoms with Gasteiger partial charge in [-0.25, -0.2) is 4.79 Å². The first-order valence-electron chi connectivity index (χ1n) is 3.76. The zero-order valence-electron chi connectivity index (χ0n) is 6.83. The fourth-order valence-corrected chi connectivity index (χ4v) is 1.65. The van der Waals surface area contributed by atoms with Gasteiger partial charge in [0.1, 0.15) is 4.88 Å². The fraction of sp³-hybridized carbons (Fsp3) is 0.375. The summed E-state index contributed by atoms with van der Waals surface area (Å²) in [5, 5.41) is 11.7. The van der Waals surface area contributed by atoms with Crippen molar-refractivity contribution in [2.24, 2.45) is 0 Å². The molecule has 2 N–H and O–H groups in total. The van der Waals surface area contributed by atoms with Crippen LogP contribution in [0.3, 0.4) is 0 Å². The van der Waals surface area contributed by atoms with E-state index in [1.165, 1.54) is 11.3 Å². The van der Waals surface area contributed by atoms with Gasteiger partial charge in [-0.3, -0.25) is 0 Å². The van der Waals surface area contributed by atoms with Crippen LogP contribution in [0.15, 0.2) is 12.1 Å². The lowest BCUT2D eigenvalue weighted by Crippen LogP contribution is -2.10. The summed E-state index contributed by atoms with van der Waals surface area (Å²) in [5.41, 5.74) is 0. The second-order valence-electron chi connectivity index (χ2n) is 2.35. The van der Waals surface area contributed by atoms with Crippen molar-refractivity contribution in [2.75, 3.05) is 6.54 Å². The summed E-state index contributed by atoms with van der Waals surface area (Å²) in [6.45, 7) is 3.68. The van der Waals surface area contributed by atoms with E-state index in [1.54, 1.807) is 6.07 Å². The van der Waals surface area contributed by atoms with Crippen LogP contribution in [0.5, 0.6) is 0 Å². The maximum Gasteiger partial charge on any atom is 0.345 e. The lowest BCUT2D eigenvalue weighted by Gasteiger charge is -1.95. The molecule has 1 aromatic rings. The first-order chi connectivity index (χ1) is 5.74. The quantitative estimate of drug-likeness (QED) is 0.748. The molecule has 0 aliphatic carbocycles. The predicted octanol–water partition coefficient (Wildman–Crippen LogP) is 1.56. The standard InChI is InChI=1S/C8H11NO2S/c1-2-9-5-6-3-4-7(12-6)8(10)11/h3-4,9H,2,5H2,1H3,(H,10,11). The van der Waals surface area contributed by atoms with Crippen LogP contribution in [0.2, 0.25) is 0 Å². The summed E-state index contributed by atoms with van der Waals surface area (Å²) in [5.74, 6) is -0.845. The number of nitrogens with one attached hydrogen (secondary N) is 1. The normalized spacial score (nSPS) is 10.1. The Hall–Kier alpha value is -0.870. The van der Waals surface area contributed by atoms with Crippen LogP contribution in [0.1, 0.15) is 21.5 Å². The summed E-state index contributed by atoms with van der Waals surface area (Å²) >= 11 is 1.32. The Labute approximate surface area is 75.0 Å². The van der Waals surface area contributed by atoms with Crippen molar-refractivity contribution in [1.29, 1.82) is 0 Å². The Morgan fingerprint density at radius 2 is 2.42 bits per heavy atom. The van der Waals surface area contributed by atoms with Crippen molar-refractivity contribution >= 4 is 17.3 Å². The number of carbonyl (C=O) groups is 1. The molecule has 0 saturated carbocycles. The number of hydrogen-bond donors (Lipinski definition) is 2. The summed E-state index contributed by atoms with van der Waals surface area (Å²) in [6, 6.07) is 3.48. The lowest BCUT2D eigenvalue weighted by molar-refractivity contribution is 0.0702. The molecule has 0 bridgehead atoms. The molecule has 0 radical (unpaired) electrons. The molecule has 1 aromatic heterocycles. The van der Waals surface area contributed by atoms with Gasteiger partial charge in [0.15, 0.2) is 0 Å². The van der Waals surface area contributed by atoms with Gasteiger partial charge in [0.25, 0.3) is 0 Å². The number of hydrogen-bond acceptors (Lipinski definition) is 3. The molecule has 0 aromatic carbocycles. The van der Waals surface area contributed by atoms with Gasteiger partial charge in [0.2, 0.25) is 0 Å². The van der Waals surface area contributed by atoms with Crippen LogP contribution >= 0.6 is 11.3 Å². The van der Waals surface area contributed by atoms with Crippen molar-refractivity contribution in [3.8, 4) is 0 Å². The van der Waals surface area contributed by atoms with E-state index >= 15 is 0 Å². The molecule has 0 saturated heterocycles. The molecular weight excluding hydrogens is 174 g/mol. The van der Waals surface area contributed by atoms with Crippen LogP contribution in [0.25, 0.3) is 0 Å². The highest BCUT2D eigenvalue weighted by Gasteiger charge is 2.05. The molecule has 0 atom stereocenters. The molecule has 0 aliphatic rings. The molecule has 12 heavy (non-hydrogen) atoms. The summed E-state index contributed by atoms with van der Waals surface area (Å²) in [6.07, 6.45) is 0. The molecule has 3 nitrogen and oxygen atoms in total. The molecule has 0 spiro atoms. The van der Waals surface area contributed by atoms with E-state index in [1.807, 2.05) is 13.0 Å². The SMILES string of the molecule is CCNCc1ccc(C(=O)O)s1. The zero-order valence-corrected chi connectivity index (χ0v) is 7.65. The zero-order chi connectivity index (χ0) is 8.97. The Morgan fingerprint density at radius 3 is 2.92 bits per heavy atom. The van der Waals surface area contributed by atoms with Crippen molar-refractivity contribution in [1.82, 2.24) is 5.32 Å². The topological polar surface area (TPSA) is 49.3 Å². The van der Waals surface area contributed by atoms with Gasteiger partial charge in [-0.1, -0.05) is 6.92 Å². The molecule has 66 valence electrons. The Balaban J connectivity index is 2.58. The Morgan fingerprint density at radius 1 is 1.67 bits per heavy atom. The van der Waals surface area contributed by atoms with E-state index in [9.17, 15) is 4.79 Å². The number of carboxylic acid groups (broad SMARTS) is 1. The summed E-state index contributed by atoms with van der Waals surface area (Å²) < 4.78 is 0. The molecule has 1 rings (SSSR count). The monoisotopic (exact) mass is 185 g/mol. The molecular formula is C8H11NO2S. The molecule has 0 aliphatic heterocycles. The Bertz CT molecular complexity index is 270. The largest absolute Gasteiger partial charge is 0.477 e. The van der Waals surface area contributed by atoms with Crippen LogP contribution in [-0.2, 0) is 6.54 Å². The molecule has 1 heterocycles. The molecule has 0 fully saturated rings. The van der Waals surface area contributed by atoms with Gasteiger partial charge in [-0.2, -0.15) is 0 Å². The van der Waals surface area contributed by atoms with Crippen LogP contribution in [-0.4, -0.2) is 17.6 Å². The van der Waals surface area contributed by atoms with Crippen molar-refractivity contribution < 1.29 is 9.90 Å². The van der Waals surface area contributed by atoms with Gasteiger partial charge in [0, 0.05) is 11.4 Å². The van der Waals surface area contributed by atoms with Crippen LogP contribution in [0.4, 0.5) is 0 Å². The second-order valence-corrected chi connectivity index (χ2v) is 3.52. The maximum absolute atomic E-state index is 10.5. The molecule has 4 heteroatoms. The van der Waals surface area contributed by atoms with Crippen molar-refractivity contribution in [2.45, 2.75) is 13.5 Å². The number of rotatable bonds is 4. The average molecular weight is 185 g/mol. The maximum atomic E-state index is 10.5. The van der Waals surface area contributed by atoms with E-state index in [4.69, 9.17) is 5.11 Å². The van der Waals surface area contributed by atoms with E-state index in [2.05, 4.69) is 5.32 Å². The van der Waals surface area contributed by atoms with E-state index < -0.39 is 5.97 Å². The van der Waals surface area contributed by atoms with Gasteiger partial charge >= 0.3 is 5.97 Å². The smallest absolute Gasteiger partial charge is 0.345 e. The third-order valence-corrected chi connectivity index (χ3v) is 2.49. The van der Waals surface area contributed by atoms with Gasteiger partial charge in [-0.05, 0) is 18.7 Å². The number of thiophene rings is 1. The third kappa shape index (κ3) is 2.32. The highest BCUT2D eigenvalue weighted by molar-refractivity contribution is 7.13. The Kier molecular flexibility index (Phi) is 3.25. The third-order valence-electron chi connectivity index (χ3n) is 1.42. The minimum Gasteiger partial charge on any atom is -0.477 e. The minimum absolute atomic E-state index is 0.405. The van der Waals surface area contributed by atoms with Crippen molar-refractivity contribution in [3.05, 3.63) is 21.9 Å². The number of carboxylic acids is 1. The van der Waals surface area contributed by atoms with Gasteiger partial charge < -0.3 is 10.4 Å². The average Bonchev–Trinajstić information content (AvgIpc) is 2.48. The van der Waals surface area contributed by atoms with Gasteiger partial charge in [-0.15, -0.1) is 11.3 Å².